The van der Waals surface area contributed by atoms with Crippen LogP contribution in [0.4, 0.5) is 5.69 Å². The first-order chi connectivity index (χ1) is 13.5. The summed E-state index contributed by atoms with van der Waals surface area (Å²) in [6.07, 6.45) is 1.96. The largest absolute Gasteiger partial charge is 0.460 e. The zero-order valence-electron chi connectivity index (χ0n) is 16.3. The zero-order chi connectivity index (χ0) is 19.7. The molecule has 1 aliphatic rings. The number of aryl methyl sites for hydroxylation is 1. The van der Waals surface area contributed by atoms with Gasteiger partial charge in [-0.25, -0.2) is 4.68 Å². The van der Waals surface area contributed by atoms with Gasteiger partial charge in [-0.2, -0.15) is 4.98 Å². The first-order valence-corrected chi connectivity index (χ1v) is 9.62. The van der Waals surface area contributed by atoms with Gasteiger partial charge in [0.15, 0.2) is 5.82 Å². The standard InChI is InChI=1S/C22H24N4O2/c1-14(2)28-22-24-20(19-7-5-4-6-15(19)3)26(25-22)18-12-10-17(11-13-18)23-21(27)16-8-9-16/h4-7,10-14,16H,8-9H2,1-3H3,(H,23,27). The number of anilines is 1. The Kier molecular flexibility index (Phi) is 4.86. The van der Waals surface area contributed by atoms with Gasteiger partial charge in [-0.3, -0.25) is 4.79 Å². The van der Waals surface area contributed by atoms with Gasteiger partial charge in [-0.1, -0.05) is 24.3 Å². The lowest BCUT2D eigenvalue weighted by Gasteiger charge is -2.09. The summed E-state index contributed by atoms with van der Waals surface area (Å²) >= 11 is 0. The van der Waals surface area contributed by atoms with Crippen molar-refractivity contribution in [1.29, 1.82) is 0 Å². The SMILES string of the molecule is Cc1ccccc1-c1nc(OC(C)C)nn1-c1ccc(NC(=O)C2CC2)cc1. The van der Waals surface area contributed by atoms with Crippen molar-refractivity contribution in [3.63, 3.8) is 0 Å². The highest BCUT2D eigenvalue weighted by atomic mass is 16.5. The van der Waals surface area contributed by atoms with Gasteiger partial charge in [-0.15, -0.1) is 5.10 Å². The van der Waals surface area contributed by atoms with Crippen LogP contribution in [0.1, 0.15) is 32.3 Å². The molecule has 4 rings (SSSR count). The topological polar surface area (TPSA) is 69.0 Å². The van der Waals surface area contributed by atoms with Crippen LogP contribution in [0.15, 0.2) is 48.5 Å². The van der Waals surface area contributed by atoms with E-state index in [1.807, 2.05) is 69.3 Å². The number of hydrogen-bond donors (Lipinski definition) is 1. The predicted molar refractivity (Wildman–Crippen MR) is 109 cm³/mol. The molecule has 1 fully saturated rings. The lowest BCUT2D eigenvalue weighted by molar-refractivity contribution is -0.117. The van der Waals surface area contributed by atoms with Crippen LogP contribution in [0.2, 0.25) is 0 Å². The molecule has 0 unspecified atom stereocenters. The van der Waals surface area contributed by atoms with Crippen LogP contribution in [0.5, 0.6) is 6.01 Å². The molecule has 6 nitrogen and oxygen atoms in total. The molecule has 2 aromatic carbocycles. The fourth-order valence-electron chi connectivity index (χ4n) is 3.01. The molecule has 1 saturated carbocycles. The molecule has 0 radical (unpaired) electrons. The van der Waals surface area contributed by atoms with Crippen molar-refractivity contribution >= 4 is 11.6 Å². The first kappa shape index (κ1) is 18.2. The number of benzene rings is 2. The minimum absolute atomic E-state index is 0.0133. The molecule has 3 aromatic rings. The second-order valence-electron chi connectivity index (χ2n) is 7.42. The summed E-state index contributed by atoms with van der Waals surface area (Å²) in [6.45, 7) is 5.95. The third kappa shape index (κ3) is 3.91. The maximum absolute atomic E-state index is 12.0. The fraction of sp³-hybridized carbons (Fsp3) is 0.318. The first-order valence-electron chi connectivity index (χ1n) is 9.62. The number of hydrogen-bond acceptors (Lipinski definition) is 4. The average Bonchev–Trinajstić information content (AvgIpc) is 3.44. The molecule has 1 aliphatic carbocycles. The summed E-state index contributed by atoms with van der Waals surface area (Å²) in [6, 6.07) is 16.1. The number of nitrogens with zero attached hydrogens (tertiary/aromatic N) is 3. The average molecular weight is 376 g/mol. The Morgan fingerprint density at radius 3 is 2.50 bits per heavy atom. The van der Waals surface area contributed by atoms with Gasteiger partial charge in [-0.05, 0) is 63.4 Å². The summed E-state index contributed by atoms with van der Waals surface area (Å²) in [4.78, 5) is 16.6. The Hall–Kier alpha value is -3.15. The third-order valence-electron chi connectivity index (χ3n) is 4.64. The van der Waals surface area contributed by atoms with Crippen molar-refractivity contribution in [3.8, 4) is 23.1 Å². The Morgan fingerprint density at radius 1 is 1.14 bits per heavy atom. The van der Waals surface area contributed by atoms with E-state index >= 15 is 0 Å². The van der Waals surface area contributed by atoms with Crippen LogP contribution in [0, 0.1) is 12.8 Å². The highest BCUT2D eigenvalue weighted by Gasteiger charge is 2.29. The van der Waals surface area contributed by atoms with E-state index in [-0.39, 0.29) is 17.9 Å². The fourth-order valence-corrected chi connectivity index (χ4v) is 3.01. The van der Waals surface area contributed by atoms with Gasteiger partial charge in [0.25, 0.3) is 0 Å². The van der Waals surface area contributed by atoms with Crippen molar-refractivity contribution in [2.75, 3.05) is 5.32 Å². The minimum Gasteiger partial charge on any atom is -0.460 e. The quantitative estimate of drug-likeness (QED) is 0.693. The van der Waals surface area contributed by atoms with E-state index in [1.54, 1.807) is 4.68 Å². The van der Waals surface area contributed by atoms with Crippen molar-refractivity contribution < 1.29 is 9.53 Å². The molecule has 0 spiro atoms. The maximum Gasteiger partial charge on any atom is 0.336 e. The van der Waals surface area contributed by atoms with E-state index in [2.05, 4.69) is 15.4 Å². The van der Waals surface area contributed by atoms with Gasteiger partial charge in [0, 0.05) is 17.2 Å². The van der Waals surface area contributed by atoms with Crippen molar-refractivity contribution in [2.45, 2.75) is 39.7 Å². The van der Waals surface area contributed by atoms with E-state index in [0.29, 0.717) is 6.01 Å². The highest BCUT2D eigenvalue weighted by Crippen LogP contribution is 2.31. The molecule has 1 heterocycles. The molecule has 1 amide bonds. The lowest BCUT2D eigenvalue weighted by atomic mass is 10.1. The van der Waals surface area contributed by atoms with Crippen LogP contribution >= 0.6 is 0 Å². The number of ether oxygens (including phenoxy) is 1. The molecule has 0 bridgehead atoms. The molecule has 1 N–H and O–H groups in total. The molecule has 0 aliphatic heterocycles. The van der Waals surface area contributed by atoms with Crippen molar-refractivity contribution in [3.05, 3.63) is 54.1 Å². The summed E-state index contributed by atoms with van der Waals surface area (Å²) in [5.41, 5.74) is 3.76. The molecular weight excluding hydrogens is 352 g/mol. The Bertz CT molecular complexity index is 988. The van der Waals surface area contributed by atoms with Gasteiger partial charge < -0.3 is 10.1 Å². The Labute approximate surface area is 164 Å². The van der Waals surface area contributed by atoms with Gasteiger partial charge >= 0.3 is 6.01 Å². The van der Waals surface area contributed by atoms with E-state index in [1.165, 1.54) is 0 Å². The smallest absolute Gasteiger partial charge is 0.336 e. The molecule has 144 valence electrons. The molecular formula is C22H24N4O2. The predicted octanol–water partition coefficient (Wildman–Crippen LogP) is 4.38. The minimum atomic E-state index is -0.0133. The number of aromatic nitrogens is 3. The normalized spacial score (nSPS) is 13.6. The van der Waals surface area contributed by atoms with Gasteiger partial charge in [0.05, 0.1) is 11.8 Å². The monoisotopic (exact) mass is 376 g/mol. The molecule has 6 heteroatoms. The van der Waals surface area contributed by atoms with E-state index in [0.717, 1.165) is 41.2 Å². The Balaban J connectivity index is 1.68. The maximum atomic E-state index is 12.0. The molecule has 0 saturated heterocycles. The number of nitrogens with one attached hydrogen (secondary N) is 1. The second kappa shape index (κ2) is 7.46. The third-order valence-corrected chi connectivity index (χ3v) is 4.64. The lowest BCUT2D eigenvalue weighted by Crippen LogP contribution is -2.13. The number of amides is 1. The van der Waals surface area contributed by atoms with Gasteiger partial charge in [0.2, 0.25) is 5.91 Å². The summed E-state index contributed by atoms with van der Waals surface area (Å²) in [5.74, 6) is 1.00. The van der Waals surface area contributed by atoms with Crippen LogP contribution in [-0.2, 0) is 4.79 Å². The van der Waals surface area contributed by atoms with Crippen LogP contribution in [0.25, 0.3) is 17.1 Å². The molecule has 0 atom stereocenters. The Morgan fingerprint density at radius 2 is 1.86 bits per heavy atom. The highest BCUT2D eigenvalue weighted by molar-refractivity contribution is 5.94. The number of carbonyl (C=O) groups excluding carboxylic acids is 1. The second-order valence-corrected chi connectivity index (χ2v) is 7.42. The summed E-state index contributed by atoms with van der Waals surface area (Å²) in [5, 5.41) is 7.52. The number of rotatable bonds is 6. The van der Waals surface area contributed by atoms with E-state index in [9.17, 15) is 4.79 Å². The summed E-state index contributed by atoms with van der Waals surface area (Å²) in [7, 11) is 0. The summed E-state index contributed by atoms with van der Waals surface area (Å²) < 4.78 is 7.51. The van der Waals surface area contributed by atoms with Crippen molar-refractivity contribution in [2.24, 2.45) is 5.92 Å². The van der Waals surface area contributed by atoms with Crippen LogP contribution < -0.4 is 10.1 Å². The van der Waals surface area contributed by atoms with Crippen molar-refractivity contribution in [1.82, 2.24) is 14.8 Å². The molecule has 28 heavy (non-hydrogen) atoms. The van der Waals surface area contributed by atoms with E-state index < -0.39 is 0 Å². The van der Waals surface area contributed by atoms with Crippen LogP contribution in [-0.4, -0.2) is 26.8 Å². The van der Waals surface area contributed by atoms with E-state index in [4.69, 9.17) is 4.74 Å². The van der Waals surface area contributed by atoms with Crippen LogP contribution in [0.3, 0.4) is 0 Å². The van der Waals surface area contributed by atoms with Gasteiger partial charge in [0.1, 0.15) is 0 Å². The number of carbonyl (C=O) groups is 1. The molecule has 1 aromatic heterocycles. The zero-order valence-corrected chi connectivity index (χ0v) is 16.3.